The van der Waals surface area contributed by atoms with Crippen LogP contribution in [0.25, 0.3) is 104 Å². The Morgan fingerprint density at radius 1 is 0.371 bits per heavy atom. The van der Waals surface area contributed by atoms with Crippen molar-refractivity contribution < 1.29 is 0 Å². The Balaban J connectivity index is 1.24. The average Bonchev–Trinajstić information content (AvgIpc) is 3.84. The summed E-state index contributed by atoms with van der Waals surface area (Å²) in [6, 6.07) is 58.6. The summed E-state index contributed by atoms with van der Waals surface area (Å²) in [7, 11) is 0. The maximum atomic E-state index is 10.5. The molecule has 0 aliphatic carbocycles. The van der Waals surface area contributed by atoms with Crippen LogP contribution in [0.5, 0.6) is 0 Å². The van der Waals surface area contributed by atoms with E-state index in [2.05, 4.69) is 132 Å². The molecular weight excluding hydrogens is 750 g/mol. The zero-order valence-electron chi connectivity index (χ0n) is 32.8. The lowest BCUT2D eigenvalue weighted by Crippen LogP contribution is -2.53. The highest BCUT2D eigenvalue weighted by Crippen LogP contribution is 2.51. The molecule has 0 radical (unpaired) electrons. The van der Waals surface area contributed by atoms with Crippen molar-refractivity contribution in [3.05, 3.63) is 174 Å². The third-order valence-corrected chi connectivity index (χ3v) is 14.3. The number of fused-ring (bicyclic) bond motifs is 10. The minimum absolute atomic E-state index is 0.0996. The molecule has 62 heavy (non-hydrogen) atoms. The van der Waals surface area contributed by atoms with Crippen LogP contribution in [-0.2, 0) is 0 Å². The minimum atomic E-state index is -0.104. The van der Waals surface area contributed by atoms with E-state index in [1.165, 1.54) is 54.2 Å². The molecule has 4 nitrogen and oxygen atoms in total. The van der Waals surface area contributed by atoms with Gasteiger partial charge in [0.05, 0.1) is 41.5 Å². The van der Waals surface area contributed by atoms with E-state index >= 15 is 0 Å². The SMILES string of the molecule is [C-]#[N+]c1ccc2c(c1)-c1cc(C#N)cc3c1B2c1cc2c(-c4ccccc4)cc4c5c(cc6c(-c7ccccc7)cc-3c1c6c25)B1c2ccc(C#N)cc2-c2cc(C#N)cc-4c21. The van der Waals surface area contributed by atoms with Crippen molar-refractivity contribution in [3.8, 4) is 85.0 Å². The van der Waals surface area contributed by atoms with Crippen LogP contribution < -0.4 is 32.8 Å². The van der Waals surface area contributed by atoms with Crippen molar-refractivity contribution in [1.29, 1.82) is 15.8 Å². The van der Waals surface area contributed by atoms with Gasteiger partial charge in [0.25, 0.3) is 0 Å². The molecule has 6 heteroatoms. The first-order valence-electron chi connectivity index (χ1n) is 20.8. The number of hydrogen-bond donors (Lipinski definition) is 0. The van der Waals surface area contributed by atoms with Gasteiger partial charge in [0, 0.05) is 0 Å². The smallest absolute Gasteiger partial charge is 0.238 e. The van der Waals surface area contributed by atoms with E-state index in [4.69, 9.17) is 6.57 Å². The first-order valence-corrected chi connectivity index (χ1v) is 20.8. The Morgan fingerprint density at radius 3 is 1.27 bits per heavy atom. The zero-order valence-corrected chi connectivity index (χ0v) is 32.8. The van der Waals surface area contributed by atoms with Crippen LogP contribution in [0.15, 0.2) is 146 Å². The quantitative estimate of drug-likeness (QED) is 0.100. The first kappa shape index (κ1) is 33.2. The number of rotatable bonds is 2. The Morgan fingerprint density at radius 2 is 0.806 bits per heavy atom. The highest BCUT2D eigenvalue weighted by atomic mass is 14.6. The lowest BCUT2D eigenvalue weighted by atomic mass is 9.34. The largest absolute Gasteiger partial charge is 0.244 e. The molecule has 0 atom stereocenters. The fourth-order valence-corrected chi connectivity index (χ4v) is 12.0. The Kier molecular flexibility index (Phi) is 6.18. The van der Waals surface area contributed by atoms with E-state index < -0.39 is 0 Å². The van der Waals surface area contributed by atoms with Crippen molar-refractivity contribution in [2.45, 2.75) is 0 Å². The number of nitrogens with zero attached hydrogens (tertiary/aromatic N) is 4. The topological polar surface area (TPSA) is 75.7 Å². The van der Waals surface area contributed by atoms with Gasteiger partial charge >= 0.3 is 0 Å². The molecule has 274 valence electrons. The van der Waals surface area contributed by atoms with E-state index in [0.717, 1.165) is 77.7 Å². The molecule has 0 aromatic heterocycles. The molecule has 0 N–H and O–H groups in total. The van der Waals surface area contributed by atoms with Gasteiger partial charge in [-0.1, -0.05) is 124 Å². The molecule has 14 rings (SSSR count). The standard InChI is InChI=1S/C56H24B2N4/c1-62-34-13-15-48-38(21-34)44-18-31(28-61)20-46-40-23-36(33-10-6-3-7-11-33)41-24-49-51-39(45-19-30(27-60)17-43-37-16-29(26-59)12-14-47(37)57(49)55(43)45)22-35(32-8-4-2-5-9-32)42-25-50(58(48)56(44)46)52(40)54(41)53(42)51/h2-25H. The molecule has 4 aliphatic heterocycles. The van der Waals surface area contributed by atoms with Gasteiger partial charge < -0.3 is 0 Å². The lowest BCUT2D eigenvalue weighted by molar-refractivity contribution is 1.48. The van der Waals surface area contributed by atoms with Crippen molar-refractivity contribution in [3.63, 3.8) is 0 Å². The van der Waals surface area contributed by atoms with Crippen LogP contribution in [-0.4, -0.2) is 13.4 Å². The number of hydrogen-bond acceptors (Lipinski definition) is 3. The van der Waals surface area contributed by atoms with Crippen molar-refractivity contribution in [2.75, 3.05) is 0 Å². The van der Waals surface area contributed by atoms with Gasteiger partial charge in [-0.3, -0.25) is 0 Å². The molecule has 10 aromatic carbocycles. The van der Waals surface area contributed by atoms with Crippen molar-refractivity contribution >= 4 is 84.2 Å². The highest BCUT2D eigenvalue weighted by Gasteiger charge is 2.45. The van der Waals surface area contributed by atoms with Crippen LogP contribution in [0, 0.1) is 40.6 Å². The van der Waals surface area contributed by atoms with Gasteiger partial charge in [0.2, 0.25) is 13.4 Å². The number of benzene rings is 10. The highest BCUT2D eigenvalue weighted by molar-refractivity contribution is 7.03. The fraction of sp³-hybridized carbons (Fsp3) is 0. The second kappa shape index (κ2) is 11.5. The summed E-state index contributed by atoms with van der Waals surface area (Å²) >= 11 is 0. The molecule has 0 saturated heterocycles. The number of nitriles is 3. The maximum absolute atomic E-state index is 10.5. The van der Waals surface area contributed by atoms with Gasteiger partial charge in [0.15, 0.2) is 5.69 Å². The second-order valence-electron chi connectivity index (χ2n) is 17.1. The van der Waals surface area contributed by atoms with Crippen LogP contribution in [0.4, 0.5) is 5.69 Å². The summed E-state index contributed by atoms with van der Waals surface area (Å²) in [6.07, 6.45) is 0. The van der Waals surface area contributed by atoms with E-state index in [1.54, 1.807) is 0 Å². The van der Waals surface area contributed by atoms with Gasteiger partial charge in [0.1, 0.15) is 0 Å². The summed E-state index contributed by atoms with van der Waals surface area (Å²) in [4.78, 5) is 3.83. The zero-order chi connectivity index (χ0) is 41.1. The van der Waals surface area contributed by atoms with Crippen LogP contribution in [0.1, 0.15) is 16.7 Å². The van der Waals surface area contributed by atoms with E-state index in [-0.39, 0.29) is 13.4 Å². The summed E-state index contributed by atoms with van der Waals surface area (Å²) in [5, 5.41) is 38.3. The van der Waals surface area contributed by atoms with Gasteiger partial charge in [-0.2, -0.15) is 15.8 Å². The molecule has 0 spiro atoms. The van der Waals surface area contributed by atoms with Crippen LogP contribution in [0.3, 0.4) is 0 Å². The average molecular weight is 774 g/mol. The second-order valence-corrected chi connectivity index (χ2v) is 17.1. The molecule has 0 unspecified atom stereocenters. The minimum Gasteiger partial charge on any atom is -0.238 e. The predicted octanol–water partition coefficient (Wildman–Crippen LogP) is 9.04. The Labute approximate surface area is 357 Å². The molecule has 0 amide bonds. The van der Waals surface area contributed by atoms with E-state index in [9.17, 15) is 15.8 Å². The van der Waals surface area contributed by atoms with E-state index in [1.807, 2.05) is 36.4 Å². The van der Waals surface area contributed by atoms with Crippen molar-refractivity contribution in [2.24, 2.45) is 0 Å². The van der Waals surface area contributed by atoms with Gasteiger partial charge in [-0.15, -0.1) is 0 Å². The molecule has 0 bridgehead atoms. The fourth-order valence-electron chi connectivity index (χ4n) is 12.0. The molecule has 0 fully saturated rings. The van der Waals surface area contributed by atoms with E-state index in [0.29, 0.717) is 22.4 Å². The third-order valence-electron chi connectivity index (χ3n) is 14.3. The summed E-state index contributed by atoms with van der Waals surface area (Å²) in [6.45, 7) is 7.72. The van der Waals surface area contributed by atoms with Gasteiger partial charge in [-0.05, 0) is 154 Å². The maximum Gasteiger partial charge on any atom is 0.244 e. The molecular formula is C56H24B2N4. The third kappa shape index (κ3) is 3.95. The van der Waals surface area contributed by atoms with Crippen LogP contribution >= 0.6 is 0 Å². The Bertz CT molecular complexity index is 3710. The summed E-state index contributed by atoms with van der Waals surface area (Å²) in [5.74, 6) is 0. The molecule has 4 aliphatic rings. The van der Waals surface area contributed by atoms with Crippen LogP contribution in [0.2, 0.25) is 0 Å². The lowest BCUT2D eigenvalue weighted by Gasteiger charge is -2.33. The normalized spacial score (nSPS) is 12.7. The summed E-state index contributed by atoms with van der Waals surface area (Å²) < 4.78 is 0. The Hall–Kier alpha value is -8.67. The summed E-state index contributed by atoms with van der Waals surface area (Å²) in [5.41, 5.74) is 22.4. The first-order chi connectivity index (χ1) is 30.6. The van der Waals surface area contributed by atoms with Gasteiger partial charge in [-0.25, -0.2) is 4.85 Å². The molecule has 10 aromatic rings. The monoisotopic (exact) mass is 774 g/mol. The van der Waals surface area contributed by atoms with Crippen molar-refractivity contribution in [1.82, 2.24) is 0 Å². The predicted molar refractivity (Wildman–Crippen MR) is 252 cm³/mol. The molecule has 4 heterocycles. The molecule has 0 saturated carbocycles.